The number of amides is 2. The Labute approximate surface area is 130 Å². The molecule has 0 spiro atoms. The van der Waals surface area contributed by atoms with Crippen LogP contribution in [0.4, 0.5) is 0 Å². The van der Waals surface area contributed by atoms with Crippen LogP contribution in [-0.4, -0.2) is 47.1 Å². The minimum atomic E-state index is -0.383. The maximum Gasteiger partial charge on any atom is 0.253 e. The van der Waals surface area contributed by atoms with Crippen LogP contribution in [-0.2, 0) is 0 Å². The first kappa shape index (κ1) is 15.0. The van der Waals surface area contributed by atoms with E-state index in [0.717, 1.165) is 19.3 Å². The highest BCUT2D eigenvalue weighted by Gasteiger charge is 2.29. The number of rotatable bonds is 4. The van der Waals surface area contributed by atoms with Crippen LogP contribution in [0.25, 0.3) is 0 Å². The van der Waals surface area contributed by atoms with Gasteiger partial charge in [0, 0.05) is 36.2 Å². The number of likely N-dealkylation sites (tertiary alicyclic amines) is 1. The summed E-state index contributed by atoms with van der Waals surface area (Å²) in [6.45, 7) is 3.05. The van der Waals surface area contributed by atoms with E-state index in [1.165, 1.54) is 0 Å². The molecule has 1 aliphatic carbocycles. The molecule has 1 aliphatic heterocycles. The summed E-state index contributed by atoms with van der Waals surface area (Å²) >= 11 is 0. The third-order valence-corrected chi connectivity index (χ3v) is 4.50. The van der Waals surface area contributed by atoms with Gasteiger partial charge in [-0.15, -0.1) is 0 Å². The van der Waals surface area contributed by atoms with Crippen molar-refractivity contribution < 1.29 is 14.7 Å². The Morgan fingerprint density at radius 3 is 2.36 bits per heavy atom. The van der Waals surface area contributed by atoms with Gasteiger partial charge in [-0.05, 0) is 50.5 Å². The Hall–Kier alpha value is -1.88. The Bertz CT molecular complexity index is 564. The molecule has 3 rings (SSSR count). The normalized spacial score (nSPS) is 22.5. The van der Waals surface area contributed by atoms with Crippen LogP contribution < -0.4 is 5.32 Å². The first-order chi connectivity index (χ1) is 10.5. The van der Waals surface area contributed by atoms with E-state index in [0.29, 0.717) is 30.3 Å². The van der Waals surface area contributed by atoms with E-state index in [-0.39, 0.29) is 23.8 Å². The monoisotopic (exact) mass is 302 g/mol. The molecule has 2 amide bonds. The molecule has 1 saturated carbocycles. The van der Waals surface area contributed by atoms with Crippen molar-refractivity contribution in [1.29, 1.82) is 0 Å². The van der Waals surface area contributed by atoms with Crippen molar-refractivity contribution in [2.75, 3.05) is 13.1 Å². The average molecular weight is 302 g/mol. The van der Waals surface area contributed by atoms with Crippen molar-refractivity contribution in [1.82, 2.24) is 10.2 Å². The fourth-order valence-corrected chi connectivity index (χ4v) is 2.81. The highest BCUT2D eigenvalue weighted by Crippen LogP contribution is 2.22. The van der Waals surface area contributed by atoms with Gasteiger partial charge in [-0.1, -0.05) is 0 Å². The van der Waals surface area contributed by atoms with E-state index in [1.54, 1.807) is 36.1 Å². The fraction of sp³-hybridized carbons (Fsp3) is 0.529. The molecule has 1 aromatic rings. The number of nitrogens with one attached hydrogen (secondary N) is 1. The lowest BCUT2D eigenvalue weighted by atomic mass is 10.0. The van der Waals surface area contributed by atoms with Crippen LogP contribution in [0.3, 0.4) is 0 Å². The van der Waals surface area contributed by atoms with E-state index < -0.39 is 0 Å². The second-order valence-corrected chi connectivity index (χ2v) is 6.37. The van der Waals surface area contributed by atoms with Gasteiger partial charge < -0.3 is 15.3 Å². The first-order valence-electron chi connectivity index (χ1n) is 7.93. The molecule has 2 N–H and O–H groups in total. The number of nitrogens with zero attached hydrogens (tertiary/aromatic N) is 1. The summed E-state index contributed by atoms with van der Waals surface area (Å²) in [5.74, 6) is 0.0571. The minimum Gasteiger partial charge on any atom is -0.393 e. The van der Waals surface area contributed by atoms with Crippen LogP contribution >= 0.6 is 0 Å². The lowest BCUT2D eigenvalue weighted by molar-refractivity contribution is 0.0761. The number of aliphatic hydroxyl groups excluding tert-OH is 1. The third-order valence-electron chi connectivity index (χ3n) is 4.50. The van der Waals surface area contributed by atoms with Crippen molar-refractivity contribution in [3.63, 3.8) is 0 Å². The zero-order valence-corrected chi connectivity index (χ0v) is 12.8. The number of hydrogen-bond donors (Lipinski definition) is 2. The quantitative estimate of drug-likeness (QED) is 0.884. The predicted octanol–water partition coefficient (Wildman–Crippen LogP) is 1.42. The van der Waals surface area contributed by atoms with Gasteiger partial charge >= 0.3 is 0 Å². The average Bonchev–Trinajstić information content (AvgIpc) is 3.18. The first-order valence-corrected chi connectivity index (χ1v) is 7.93. The van der Waals surface area contributed by atoms with Crippen LogP contribution in [0.15, 0.2) is 24.3 Å². The van der Waals surface area contributed by atoms with Gasteiger partial charge in [-0.2, -0.15) is 0 Å². The lowest BCUT2D eigenvalue weighted by Crippen LogP contribution is -2.30. The molecular formula is C17H22N2O3. The van der Waals surface area contributed by atoms with Crippen molar-refractivity contribution >= 4 is 11.8 Å². The van der Waals surface area contributed by atoms with Gasteiger partial charge in [0.15, 0.2) is 0 Å². The molecule has 2 fully saturated rings. The van der Waals surface area contributed by atoms with Gasteiger partial charge in [0.1, 0.15) is 0 Å². The Balaban J connectivity index is 1.62. The summed E-state index contributed by atoms with van der Waals surface area (Å²) in [6.07, 6.45) is 2.57. The van der Waals surface area contributed by atoms with Crippen molar-refractivity contribution in [3.05, 3.63) is 35.4 Å². The molecule has 118 valence electrons. The zero-order valence-electron chi connectivity index (χ0n) is 12.8. The number of aliphatic hydroxyl groups is 1. The fourth-order valence-electron chi connectivity index (χ4n) is 2.81. The molecule has 0 bridgehead atoms. The molecular weight excluding hydrogens is 280 g/mol. The Morgan fingerprint density at radius 2 is 1.82 bits per heavy atom. The van der Waals surface area contributed by atoms with Gasteiger partial charge in [0.25, 0.3) is 11.8 Å². The van der Waals surface area contributed by atoms with E-state index in [1.807, 2.05) is 0 Å². The van der Waals surface area contributed by atoms with E-state index >= 15 is 0 Å². The minimum absolute atomic E-state index is 0.0303. The zero-order chi connectivity index (χ0) is 15.7. The molecule has 1 saturated heterocycles. The molecule has 0 aromatic heterocycles. The second kappa shape index (κ2) is 6.08. The predicted molar refractivity (Wildman–Crippen MR) is 82.6 cm³/mol. The molecule has 1 heterocycles. The van der Waals surface area contributed by atoms with E-state index in [9.17, 15) is 14.7 Å². The molecule has 22 heavy (non-hydrogen) atoms. The van der Waals surface area contributed by atoms with Gasteiger partial charge in [0.05, 0.1) is 6.10 Å². The summed E-state index contributed by atoms with van der Waals surface area (Å²) in [5.41, 5.74) is 1.18. The smallest absolute Gasteiger partial charge is 0.253 e. The maximum absolute atomic E-state index is 12.4. The van der Waals surface area contributed by atoms with Crippen LogP contribution in [0, 0.1) is 5.92 Å². The summed E-state index contributed by atoms with van der Waals surface area (Å²) < 4.78 is 0. The number of hydrogen-bond acceptors (Lipinski definition) is 3. The SMILES string of the molecule is CC(O)C1CCN(C(=O)c2ccc(C(=O)NC3CC3)cc2)C1. The molecule has 2 aliphatic rings. The number of carbonyl (C=O) groups excluding carboxylic acids is 2. The molecule has 2 atom stereocenters. The number of carbonyl (C=O) groups is 2. The van der Waals surface area contributed by atoms with Gasteiger partial charge in [-0.3, -0.25) is 9.59 Å². The summed E-state index contributed by atoms with van der Waals surface area (Å²) in [6, 6.07) is 7.15. The Kier molecular flexibility index (Phi) is 4.16. The van der Waals surface area contributed by atoms with Crippen molar-refractivity contribution in [3.8, 4) is 0 Å². The van der Waals surface area contributed by atoms with Gasteiger partial charge in [0.2, 0.25) is 0 Å². The number of benzene rings is 1. The topological polar surface area (TPSA) is 69.6 Å². The highest BCUT2D eigenvalue weighted by molar-refractivity contribution is 5.98. The largest absolute Gasteiger partial charge is 0.393 e. The van der Waals surface area contributed by atoms with E-state index in [2.05, 4.69) is 5.32 Å². The maximum atomic E-state index is 12.4. The summed E-state index contributed by atoms with van der Waals surface area (Å²) in [4.78, 5) is 26.1. The van der Waals surface area contributed by atoms with Crippen LogP contribution in [0.1, 0.15) is 46.9 Å². The standard InChI is InChI=1S/C17H22N2O3/c1-11(20)14-8-9-19(10-14)17(22)13-4-2-12(3-5-13)16(21)18-15-6-7-15/h2-5,11,14-15,20H,6-10H2,1H3,(H,18,21). The van der Waals surface area contributed by atoms with E-state index in [4.69, 9.17) is 0 Å². The summed E-state index contributed by atoms with van der Waals surface area (Å²) in [7, 11) is 0. The summed E-state index contributed by atoms with van der Waals surface area (Å²) in [5, 5.41) is 12.5. The second-order valence-electron chi connectivity index (χ2n) is 6.37. The van der Waals surface area contributed by atoms with Crippen LogP contribution in [0.2, 0.25) is 0 Å². The molecule has 5 heteroatoms. The molecule has 5 nitrogen and oxygen atoms in total. The van der Waals surface area contributed by atoms with Crippen molar-refractivity contribution in [2.24, 2.45) is 5.92 Å². The van der Waals surface area contributed by atoms with Crippen LogP contribution in [0.5, 0.6) is 0 Å². The third kappa shape index (κ3) is 3.30. The molecule has 0 radical (unpaired) electrons. The van der Waals surface area contributed by atoms with Crippen molar-refractivity contribution in [2.45, 2.75) is 38.3 Å². The molecule has 1 aromatic carbocycles. The lowest BCUT2D eigenvalue weighted by Gasteiger charge is -2.18. The molecule has 2 unspecified atom stereocenters. The van der Waals surface area contributed by atoms with Gasteiger partial charge in [-0.25, -0.2) is 0 Å². The Morgan fingerprint density at radius 1 is 1.18 bits per heavy atom. The highest BCUT2D eigenvalue weighted by atomic mass is 16.3.